The lowest BCUT2D eigenvalue weighted by atomic mass is 10.1. The van der Waals surface area contributed by atoms with E-state index in [1.54, 1.807) is 6.92 Å². The van der Waals surface area contributed by atoms with Gasteiger partial charge in [-0.15, -0.1) is 0 Å². The maximum absolute atomic E-state index is 11.2. The van der Waals surface area contributed by atoms with E-state index in [2.05, 4.69) is 4.74 Å². The number of rotatable bonds is 7. The van der Waals surface area contributed by atoms with Gasteiger partial charge >= 0.3 is 17.6 Å². The van der Waals surface area contributed by atoms with Gasteiger partial charge in [0.2, 0.25) is 5.75 Å². The first kappa shape index (κ1) is 16.6. The topological polar surface area (TPSA) is 116 Å². The number of esters is 2. The van der Waals surface area contributed by atoms with Crippen LogP contribution in [0.3, 0.4) is 0 Å². The second-order valence-electron chi connectivity index (χ2n) is 4.00. The third kappa shape index (κ3) is 5.19. The third-order valence-corrected chi connectivity index (χ3v) is 2.50. The van der Waals surface area contributed by atoms with Gasteiger partial charge in [-0.1, -0.05) is 6.07 Å². The summed E-state index contributed by atoms with van der Waals surface area (Å²) in [6, 6.07) is 3.98. The second-order valence-corrected chi connectivity index (χ2v) is 4.00. The summed E-state index contributed by atoms with van der Waals surface area (Å²) in [6.07, 6.45) is 0.370. The zero-order valence-electron chi connectivity index (χ0n) is 11.4. The van der Waals surface area contributed by atoms with E-state index in [0.717, 1.165) is 0 Å². The highest BCUT2D eigenvalue weighted by molar-refractivity contribution is 5.75. The monoisotopic (exact) mass is 297 g/mol. The van der Waals surface area contributed by atoms with Crippen molar-refractivity contribution in [3.63, 3.8) is 0 Å². The molecule has 0 atom stereocenters. The van der Waals surface area contributed by atoms with Crippen LogP contribution in [0, 0.1) is 10.1 Å². The molecule has 8 nitrogen and oxygen atoms in total. The van der Waals surface area contributed by atoms with Gasteiger partial charge in [-0.25, -0.2) is 4.79 Å². The minimum absolute atomic E-state index is 0.0980. The van der Waals surface area contributed by atoms with Crippen LogP contribution in [0.4, 0.5) is 5.69 Å². The summed E-state index contributed by atoms with van der Waals surface area (Å²) in [6.45, 7) is 1.09. The number of aliphatic hydroxyl groups is 1. The summed E-state index contributed by atoms with van der Waals surface area (Å²) < 4.78 is 9.42. The predicted octanol–water partition coefficient (Wildman–Crippen LogP) is 0.988. The largest absolute Gasteiger partial charge is 0.466 e. The van der Waals surface area contributed by atoms with Gasteiger partial charge in [0.1, 0.15) is 6.61 Å². The van der Waals surface area contributed by atoms with Gasteiger partial charge < -0.3 is 14.6 Å². The molecule has 8 heteroatoms. The first-order valence-corrected chi connectivity index (χ1v) is 6.22. The molecule has 114 valence electrons. The van der Waals surface area contributed by atoms with Crippen molar-refractivity contribution in [3.8, 4) is 5.75 Å². The van der Waals surface area contributed by atoms with Crippen molar-refractivity contribution >= 4 is 17.6 Å². The average Bonchev–Trinajstić information content (AvgIpc) is 2.46. The van der Waals surface area contributed by atoms with Crippen molar-refractivity contribution in [3.05, 3.63) is 33.9 Å². The Balaban J connectivity index is 2.85. The predicted molar refractivity (Wildman–Crippen MR) is 70.8 cm³/mol. The molecule has 0 aliphatic heterocycles. The van der Waals surface area contributed by atoms with Crippen molar-refractivity contribution in [2.75, 3.05) is 13.2 Å². The Morgan fingerprint density at radius 1 is 1.33 bits per heavy atom. The minimum Gasteiger partial charge on any atom is -0.466 e. The Bertz CT molecular complexity index is 541. The summed E-state index contributed by atoms with van der Waals surface area (Å²) in [5.74, 6) is -1.63. The maximum atomic E-state index is 11.2. The number of aliphatic hydroxyl groups excluding tert-OH is 1. The number of ether oxygens (including phenoxy) is 2. The minimum atomic E-state index is -0.989. The van der Waals surface area contributed by atoms with E-state index in [4.69, 9.17) is 9.84 Å². The molecule has 1 aromatic rings. The van der Waals surface area contributed by atoms with Crippen LogP contribution in [0.2, 0.25) is 0 Å². The molecule has 1 rings (SSSR count). The number of nitro benzene ring substituents is 1. The summed E-state index contributed by atoms with van der Waals surface area (Å²) in [5.41, 5.74) is 0.136. The number of nitro groups is 1. The maximum Gasteiger partial charge on any atom is 0.337 e. The standard InChI is InChI=1S/C13H15NO7/c1-2-20-12(16)6-4-9-3-5-11(21-13(17)8-15)10(7-9)14(18)19/h3,5,7,15H,2,4,6,8H2,1H3. The van der Waals surface area contributed by atoms with Crippen LogP contribution in [0.1, 0.15) is 18.9 Å². The first-order valence-electron chi connectivity index (χ1n) is 6.22. The molecule has 0 bridgehead atoms. The van der Waals surface area contributed by atoms with Crippen LogP contribution in [-0.2, 0) is 20.7 Å². The molecule has 0 fully saturated rings. The molecule has 0 spiro atoms. The highest BCUT2D eigenvalue weighted by Crippen LogP contribution is 2.28. The molecule has 0 amide bonds. The van der Waals surface area contributed by atoms with E-state index >= 15 is 0 Å². The fraction of sp³-hybridized carbons (Fsp3) is 0.385. The van der Waals surface area contributed by atoms with Crippen LogP contribution >= 0.6 is 0 Å². The Labute approximate surface area is 120 Å². The smallest absolute Gasteiger partial charge is 0.337 e. The summed E-state index contributed by atoms with van der Waals surface area (Å²) in [5, 5.41) is 19.5. The number of aryl methyl sites for hydroxylation is 1. The number of benzene rings is 1. The van der Waals surface area contributed by atoms with Crippen LogP contribution < -0.4 is 4.74 Å². The molecule has 0 saturated heterocycles. The van der Waals surface area contributed by atoms with Crippen molar-refractivity contribution < 1.29 is 29.1 Å². The molecule has 0 aromatic heterocycles. The van der Waals surface area contributed by atoms with Gasteiger partial charge in [-0.2, -0.15) is 0 Å². The van der Waals surface area contributed by atoms with E-state index in [-0.39, 0.29) is 25.2 Å². The van der Waals surface area contributed by atoms with Gasteiger partial charge in [-0.05, 0) is 25.0 Å². The van der Waals surface area contributed by atoms with Crippen LogP contribution in [-0.4, -0.2) is 35.2 Å². The van der Waals surface area contributed by atoms with E-state index in [0.29, 0.717) is 5.56 Å². The highest BCUT2D eigenvalue weighted by Gasteiger charge is 2.18. The second kappa shape index (κ2) is 7.95. The number of carbonyl (C=O) groups excluding carboxylic acids is 2. The van der Waals surface area contributed by atoms with E-state index in [1.807, 2.05) is 0 Å². The molecule has 0 heterocycles. The quantitative estimate of drug-likeness (QED) is 0.345. The SMILES string of the molecule is CCOC(=O)CCc1ccc(OC(=O)CO)c([N+](=O)[O-])c1. The van der Waals surface area contributed by atoms with E-state index in [1.165, 1.54) is 18.2 Å². The van der Waals surface area contributed by atoms with Gasteiger partial charge in [0.05, 0.1) is 11.5 Å². The summed E-state index contributed by atoms with van der Waals surface area (Å²) in [7, 11) is 0. The van der Waals surface area contributed by atoms with Crippen LogP contribution in [0.5, 0.6) is 5.75 Å². The lowest BCUT2D eigenvalue weighted by molar-refractivity contribution is -0.385. The number of carbonyl (C=O) groups is 2. The first-order chi connectivity index (χ1) is 9.97. The molecular formula is C13H15NO7. The summed E-state index contributed by atoms with van der Waals surface area (Å²) in [4.78, 5) is 32.4. The number of hydrogen-bond acceptors (Lipinski definition) is 7. The van der Waals surface area contributed by atoms with Gasteiger partial charge in [0, 0.05) is 12.5 Å². The van der Waals surface area contributed by atoms with Crippen molar-refractivity contribution in [2.24, 2.45) is 0 Å². The Morgan fingerprint density at radius 3 is 2.62 bits per heavy atom. The summed E-state index contributed by atoms with van der Waals surface area (Å²) >= 11 is 0. The van der Waals surface area contributed by atoms with Gasteiger partial charge in [0.25, 0.3) is 0 Å². The zero-order chi connectivity index (χ0) is 15.8. The lowest BCUT2D eigenvalue weighted by Gasteiger charge is -2.06. The van der Waals surface area contributed by atoms with Crippen LogP contribution in [0.15, 0.2) is 18.2 Å². The Hall–Kier alpha value is -2.48. The fourth-order valence-electron chi connectivity index (χ4n) is 1.58. The van der Waals surface area contributed by atoms with Gasteiger partial charge in [0.15, 0.2) is 0 Å². The Morgan fingerprint density at radius 2 is 2.05 bits per heavy atom. The molecule has 1 aromatic carbocycles. The zero-order valence-corrected chi connectivity index (χ0v) is 11.4. The van der Waals surface area contributed by atoms with Crippen LogP contribution in [0.25, 0.3) is 0 Å². The van der Waals surface area contributed by atoms with Crippen molar-refractivity contribution in [1.82, 2.24) is 0 Å². The Kier molecular flexibility index (Phi) is 6.28. The van der Waals surface area contributed by atoms with E-state index < -0.39 is 29.2 Å². The molecule has 0 aliphatic rings. The normalized spacial score (nSPS) is 10.0. The highest BCUT2D eigenvalue weighted by atomic mass is 16.6. The molecular weight excluding hydrogens is 282 g/mol. The third-order valence-electron chi connectivity index (χ3n) is 2.50. The fourth-order valence-corrected chi connectivity index (χ4v) is 1.58. The molecule has 0 aliphatic carbocycles. The lowest BCUT2D eigenvalue weighted by Crippen LogP contribution is -2.13. The molecule has 21 heavy (non-hydrogen) atoms. The van der Waals surface area contributed by atoms with Gasteiger partial charge in [-0.3, -0.25) is 14.9 Å². The number of hydrogen-bond donors (Lipinski definition) is 1. The van der Waals surface area contributed by atoms with Crippen molar-refractivity contribution in [2.45, 2.75) is 19.8 Å². The molecule has 0 saturated carbocycles. The molecule has 1 N–H and O–H groups in total. The number of nitrogens with zero attached hydrogens (tertiary/aromatic N) is 1. The van der Waals surface area contributed by atoms with E-state index in [9.17, 15) is 19.7 Å². The molecule has 0 radical (unpaired) electrons. The van der Waals surface area contributed by atoms with Crippen molar-refractivity contribution in [1.29, 1.82) is 0 Å². The molecule has 0 unspecified atom stereocenters. The average molecular weight is 297 g/mol.